The Morgan fingerprint density at radius 3 is 2.93 bits per heavy atom. The minimum Gasteiger partial charge on any atom is -0.374 e. The van der Waals surface area contributed by atoms with Gasteiger partial charge in [0.25, 0.3) is 0 Å². The maximum atomic E-state index is 5.79. The van der Waals surface area contributed by atoms with Gasteiger partial charge in [-0.05, 0) is 20.5 Å². The molecule has 2 atom stereocenters. The van der Waals surface area contributed by atoms with Crippen LogP contribution in [0.25, 0.3) is 0 Å². The summed E-state index contributed by atoms with van der Waals surface area (Å²) in [7, 11) is 4.21. The third-order valence-corrected chi connectivity index (χ3v) is 2.98. The molecule has 1 rings (SSSR count). The van der Waals surface area contributed by atoms with Gasteiger partial charge in [-0.1, -0.05) is 19.8 Å². The molecule has 0 aromatic heterocycles. The number of nitrogens with one attached hydrogen (secondary N) is 1. The highest BCUT2D eigenvalue weighted by atomic mass is 16.5. The number of ether oxygens (including phenoxy) is 1. The number of hydrogen-bond acceptors (Lipinski definition) is 3. The van der Waals surface area contributed by atoms with Gasteiger partial charge in [0.05, 0.1) is 12.7 Å². The van der Waals surface area contributed by atoms with E-state index in [0.29, 0.717) is 12.1 Å². The van der Waals surface area contributed by atoms with E-state index in [1.54, 1.807) is 0 Å². The summed E-state index contributed by atoms with van der Waals surface area (Å²) < 4.78 is 5.79. The van der Waals surface area contributed by atoms with Crippen molar-refractivity contribution in [2.75, 3.05) is 33.8 Å². The quantitative estimate of drug-likeness (QED) is 0.719. The van der Waals surface area contributed by atoms with Crippen LogP contribution in [0.3, 0.4) is 0 Å². The highest BCUT2D eigenvalue weighted by molar-refractivity contribution is 4.80. The van der Waals surface area contributed by atoms with Crippen molar-refractivity contribution in [3.05, 3.63) is 0 Å². The van der Waals surface area contributed by atoms with E-state index in [4.69, 9.17) is 4.74 Å². The van der Waals surface area contributed by atoms with Crippen molar-refractivity contribution < 1.29 is 4.74 Å². The molecule has 0 radical (unpaired) electrons. The van der Waals surface area contributed by atoms with Gasteiger partial charge in [0.2, 0.25) is 0 Å². The van der Waals surface area contributed by atoms with Gasteiger partial charge >= 0.3 is 0 Å². The Bertz CT molecular complexity index is 152. The van der Waals surface area contributed by atoms with E-state index in [1.165, 1.54) is 19.3 Å². The SMILES string of the molecule is CCCCC(NC)C1CN(C)CCO1. The fourth-order valence-electron chi connectivity index (χ4n) is 1.99. The zero-order valence-corrected chi connectivity index (χ0v) is 9.75. The summed E-state index contributed by atoms with van der Waals surface area (Å²) in [5.74, 6) is 0. The van der Waals surface area contributed by atoms with Crippen LogP contribution in [0.4, 0.5) is 0 Å². The first kappa shape index (κ1) is 12.0. The monoisotopic (exact) mass is 200 g/mol. The Morgan fingerprint density at radius 1 is 1.57 bits per heavy atom. The highest BCUT2D eigenvalue weighted by Crippen LogP contribution is 2.12. The summed E-state index contributed by atoms with van der Waals surface area (Å²) in [4.78, 5) is 2.35. The first-order chi connectivity index (χ1) is 6.77. The fraction of sp³-hybridized carbons (Fsp3) is 1.00. The second-order valence-corrected chi connectivity index (χ2v) is 4.21. The van der Waals surface area contributed by atoms with E-state index < -0.39 is 0 Å². The minimum atomic E-state index is 0.380. The largest absolute Gasteiger partial charge is 0.374 e. The molecule has 0 amide bonds. The molecule has 1 saturated heterocycles. The number of morpholine rings is 1. The number of unbranched alkanes of at least 4 members (excludes halogenated alkanes) is 1. The van der Waals surface area contributed by atoms with Crippen molar-refractivity contribution >= 4 is 0 Å². The van der Waals surface area contributed by atoms with Crippen LogP contribution in [0.5, 0.6) is 0 Å². The molecule has 0 spiro atoms. The van der Waals surface area contributed by atoms with E-state index >= 15 is 0 Å². The number of nitrogens with zero attached hydrogens (tertiary/aromatic N) is 1. The summed E-state index contributed by atoms with van der Waals surface area (Å²) in [6.07, 6.45) is 4.16. The van der Waals surface area contributed by atoms with Crippen LogP contribution in [0.15, 0.2) is 0 Å². The molecular weight excluding hydrogens is 176 g/mol. The second-order valence-electron chi connectivity index (χ2n) is 4.21. The van der Waals surface area contributed by atoms with Crippen molar-refractivity contribution in [2.24, 2.45) is 0 Å². The molecule has 1 heterocycles. The summed E-state index contributed by atoms with van der Waals surface area (Å²) in [6, 6.07) is 0.526. The molecule has 14 heavy (non-hydrogen) atoms. The van der Waals surface area contributed by atoms with Gasteiger partial charge in [0.1, 0.15) is 0 Å². The summed E-state index contributed by atoms with van der Waals surface area (Å²) in [6.45, 7) is 5.25. The van der Waals surface area contributed by atoms with E-state index in [-0.39, 0.29) is 0 Å². The van der Waals surface area contributed by atoms with Crippen molar-refractivity contribution in [3.8, 4) is 0 Å². The zero-order valence-electron chi connectivity index (χ0n) is 9.75. The molecule has 1 N–H and O–H groups in total. The molecule has 1 fully saturated rings. The Labute approximate surface area is 87.8 Å². The molecule has 1 aliphatic rings. The van der Waals surface area contributed by atoms with Gasteiger partial charge in [-0.15, -0.1) is 0 Å². The van der Waals surface area contributed by atoms with Crippen LogP contribution in [0, 0.1) is 0 Å². The molecule has 2 unspecified atom stereocenters. The Balaban J connectivity index is 2.34. The van der Waals surface area contributed by atoms with E-state index in [0.717, 1.165) is 19.7 Å². The van der Waals surface area contributed by atoms with Crippen molar-refractivity contribution in [1.82, 2.24) is 10.2 Å². The second kappa shape index (κ2) is 6.38. The van der Waals surface area contributed by atoms with E-state index in [1.807, 2.05) is 7.05 Å². The van der Waals surface area contributed by atoms with Gasteiger partial charge < -0.3 is 15.0 Å². The van der Waals surface area contributed by atoms with Crippen LogP contribution in [0.1, 0.15) is 26.2 Å². The first-order valence-corrected chi connectivity index (χ1v) is 5.75. The molecule has 3 heteroatoms. The van der Waals surface area contributed by atoms with Gasteiger partial charge in [-0.3, -0.25) is 0 Å². The predicted octanol–water partition coefficient (Wildman–Crippen LogP) is 1.10. The Kier molecular flexibility index (Phi) is 5.45. The lowest BCUT2D eigenvalue weighted by Crippen LogP contribution is -2.50. The van der Waals surface area contributed by atoms with Crippen LogP contribution >= 0.6 is 0 Å². The molecule has 0 aliphatic carbocycles. The Morgan fingerprint density at radius 2 is 2.36 bits per heavy atom. The van der Waals surface area contributed by atoms with Gasteiger partial charge in [-0.2, -0.15) is 0 Å². The lowest BCUT2D eigenvalue weighted by atomic mass is 10.0. The summed E-state index contributed by atoms with van der Waals surface area (Å²) in [5, 5.41) is 3.38. The molecule has 0 aromatic carbocycles. The topological polar surface area (TPSA) is 24.5 Å². The number of likely N-dealkylation sites (N-methyl/N-ethyl adjacent to an activating group) is 2. The lowest BCUT2D eigenvalue weighted by Gasteiger charge is -2.35. The molecular formula is C11H24N2O. The first-order valence-electron chi connectivity index (χ1n) is 5.75. The summed E-state index contributed by atoms with van der Waals surface area (Å²) in [5.41, 5.74) is 0. The van der Waals surface area contributed by atoms with E-state index in [9.17, 15) is 0 Å². The predicted molar refractivity (Wildman–Crippen MR) is 59.6 cm³/mol. The standard InChI is InChI=1S/C11H24N2O/c1-4-5-6-10(12-2)11-9-13(3)7-8-14-11/h10-12H,4-9H2,1-3H3. The normalized spacial score (nSPS) is 26.4. The van der Waals surface area contributed by atoms with Crippen molar-refractivity contribution in [1.29, 1.82) is 0 Å². The van der Waals surface area contributed by atoms with E-state index in [2.05, 4.69) is 24.2 Å². The summed E-state index contributed by atoms with van der Waals surface area (Å²) >= 11 is 0. The maximum Gasteiger partial charge on any atom is 0.0855 e. The van der Waals surface area contributed by atoms with Crippen LogP contribution in [-0.2, 0) is 4.74 Å². The fourth-order valence-corrected chi connectivity index (χ4v) is 1.99. The van der Waals surface area contributed by atoms with Gasteiger partial charge in [-0.25, -0.2) is 0 Å². The molecule has 0 aromatic rings. The minimum absolute atomic E-state index is 0.380. The Hall–Kier alpha value is -0.120. The average molecular weight is 200 g/mol. The maximum absolute atomic E-state index is 5.79. The molecule has 0 saturated carbocycles. The van der Waals surface area contributed by atoms with Crippen LogP contribution < -0.4 is 5.32 Å². The van der Waals surface area contributed by atoms with Crippen molar-refractivity contribution in [2.45, 2.75) is 38.3 Å². The van der Waals surface area contributed by atoms with Crippen LogP contribution in [0.2, 0.25) is 0 Å². The van der Waals surface area contributed by atoms with Crippen LogP contribution in [-0.4, -0.2) is 50.8 Å². The third kappa shape index (κ3) is 3.56. The highest BCUT2D eigenvalue weighted by Gasteiger charge is 2.24. The number of rotatable bonds is 5. The lowest BCUT2D eigenvalue weighted by molar-refractivity contribution is -0.0389. The van der Waals surface area contributed by atoms with Gasteiger partial charge in [0.15, 0.2) is 0 Å². The zero-order chi connectivity index (χ0) is 10.4. The smallest absolute Gasteiger partial charge is 0.0855 e. The molecule has 84 valence electrons. The number of hydrogen-bond donors (Lipinski definition) is 1. The molecule has 0 bridgehead atoms. The molecule has 3 nitrogen and oxygen atoms in total. The van der Waals surface area contributed by atoms with Gasteiger partial charge in [0, 0.05) is 19.1 Å². The van der Waals surface area contributed by atoms with Crippen molar-refractivity contribution in [3.63, 3.8) is 0 Å². The molecule has 1 aliphatic heterocycles. The third-order valence-electron chi connectivity index (χ3n) is 2.98. The average Bonchev–Trinajstić information content (AvgIpc) is 2.19.